The Balaban J connectivity index is 1.06. The van der Waals surface area contributed by atoms with E-state index in [1.807, 2.05) is 12.1 Å². The van der Waals surface area contributed by atoms with Gasteiger partial charge in [-0.25, -0.2) is 0 Å². The molecule has 0 aliphatic carbocycles. The molecule has 0 radical (unpaired) electrons. The van der Waals surface area contributed by atoms with Gasteiger partial charge in [0.15, 0.2) is 0 Å². The van der Waals surface area contributed by atoms with E-state index in [-0.39, 0.29) is 0 Å². The quantitative estimate of drug-likeness (QED) is 0.173. The van der Waals surface area contributed by atoms with Crippen LogP contribution in [-0.2, 0) is 0 Å². The predicted octanol–water partition coefficient (Wildman–Crippen LogP) is 15.1. The summed E-state index contributed by atoms with van der Waals surface area (Å²) in [4.78, 5) is 2.37. The molecular weight excluding hydrogens is 671 g/mol. The summed E-state index contributed by atoms with van der Waals surface area (Å²) in [7, 11) is 0. The first kappa shape index (κ1) is 31.2. The van der Waals surface area contributed by atoms with E-state index in [9.17, 15) is 0 Å². The lowest BCUT2D eigenvalue weighted by atomic mass is 9.97. The van der Waals surface area contributed by atoms with Crippen LogP contribution >= 0.6 is 0 Å². The van der Waals surface area contributed by atoms with E-state index in [1.165, 1.54) is 16.5 Å². The van der Waals surface area contributed by atoms with Crippen LogP contribution in [0.2, 0.25) is 0 Å². The highest BCUT2D eigenvalue weighted by Gasteiger charge is 2.20. The third-order valence-corrected chi connectivity index (χ3v) is 10.9. The van der Waals surface area contributed by atoms with E-state index in [1.54, 1.807) is 0 Å². The van der Waals surface area contributed by atoms with Crippen LogP contribution in [-0.4, -0.2) is 0 Å². The number of hydrogen-bond donors (Lipinski definition) is 0. The van der Waals surface area contributed by atoms with Gasteiger partial charge < -0.3 is 13.7 Å². The Kier molecular flexibility index (Phi) is 7.17. The molecule has 9 aromatic carbocycles. The van der Waals surface area contributed by atoms with Gasteiger partial charge in [-0.05, 0) is 93.9 Å². The van der Waals surface area contributed by atoms with Crippen LogP contribution < -0.4 is 4.90 Å². The Morgan fingerprint density at radius 1 is 0.327 bits per heavy atom. The van der Waals surface area contributed by atoms with Crippen molar-refractivity contribution in [1.82, 2.24) is 0 Å². The molecule has 0 atom stereocenters. The van der Waals surface area contributed by atoms with Crippen molar-refractivity contribution in [3.63, 3.8) is 0 Å². The van der Waals surface area contributed by atoms with Crippen LogP contribution in [0.15, 0.2) is 209 Å². The number of hydrogen-bond acceptors (Lipinski definition) is 3. The molecule has 258 valence electrons. The maximum Gasteiger partial charge on any atom is 0.143 e. The Morgan fingerprint density at radius 3 is 1.78 bits per heavy atom. The second-order valence-electron chi connectivity index (χ2n) is 14.1. The first-order valence-corrected chi connectivity index (χ1v) is 18.7. The van der Waals surface area contributed by atoms with Crippen LogP contribution in [0.25, 0.3) is 88.0 Å². The standard InChI is InChI=1S/C52H33NO2/c1-2-11-34(12-3-1)35-21-27-39(28-22-35)53(40-29-23-37(24-30-40)42-17-10-20-50-51(42)45-16-7-9-19-48(45)54-50)47-18-8-6-14-41(47)38-26-32-49-46(33-38)44-31-25-36-13-4-5-15-43(36)52(44)55-49/h1-33H. The number of fused-ring (bicyclic) bond motifs is 8. The van der Waals surface area contributed by atoms with E-state index in [0.717, 1.165) is 88.6 Å². The van der Waals surface area contributed by atoms with E-state index < -0.39 is 0 Å². The molecule has 11 aromatic rings. The molecule has 0 aliphatic heterocycles. The maximum atomic E-state index is 6.50. The summed E-state index contributed by atoms with van der Waals surface area (Å²) in [6, 6.07) is 71.0. The van der Waals surface area contributed by atoms with E-state index in [0.29, 0.717) is 0 Å². The number of furan rings is 2. The third kappa shape index (κ3) is 5.20. The Hall–Kier alpha value is -7.36. The van der Waals surface area contributed by atoms with E-state index >= 15 is 0 Å². The highest BCUT2D eigenvalue weighted by atomic mass is 16.3. The summed E-state index contributed by atoms with van der Waals surface area (Å²) in [6.45, 7) is 0. The van der Waals surface area contributed by atoms with Crippen molar-refractivity contribution < 1.29 is 8.83 Å². The molecule has 0 N–H and O–H groups in total. The summed E-state index contributed by atoms with van der Waals surface area (Å²) >= 11 is 0. The first-order chi connectivity index (χ1) is 27.3. The number of anilines is 3. The molecule has 11 rings (SSSR count). The molecule has 0 spiro atoms. The highest BCUT2D eigenvalue weighted by Crippen LogP contribution is 2.44. The molecule has 2 aromatic heterocycles. The molecule has 55 heavy (non-hydrogen) atoms. The zero-order valence-corrected chi connectivity index (χ0v) is 29.8. The van der Waals surface area contributed by atoms with Crippen molar-refractivity contribution in [3.8, 4) is 33.4 Å². The van der Waals surface area contributed by atoms with Gasteiger partial charge in [0.1, 0.15) is 22.3 Å². The van der Waals surface area contributed by atoms with E-state index in [2.05, 4.69) is 193 Å². The Bertz CT molecular complexity index is 3190. The van der Waals surface area contributed by atoms with Crippen molar-refractivity contribution in [2.24, 2.45) is 0 Å². The fourth-order valence-corrected chi connectivity index (χ4v) is 8.25. The molecular formula is C52H33NO2. The van der Waals surface area contributed by atoms with Gasteiger partial charge in [-0.1, -0.05) is 140 Å². The highest BCUT2D eigenvalue weighted by molar-refractivity contribution is 6.16. The van der Waals surface area contributed by atoms with Crippen molar-refractivity contribution >= 4 is 71.7 Å². The molecule has 0 saturated heterocycles. The number of nitrogens with zero attached hydrogens (tertiary/aromatic N) is 1. The largest absolute Gasteiger partial charge is 0.456 e. The van der Waals surface area contributed by atoms with Gasteiger partial charge in [-0.3, -0.25) is 0 Å². The van der Waals surface area contributed by atoms with Crippen molar-refractivity contribution in [1.29, 1.82) is 0 Å². The van der Waals surface area contributed by atoms with Crippen LogP contribution in [0.3, 0.4) is 0 Å². The topological polar surface area (TPSA) is 29.5 Å². The summed E-state index contributed by atoms with van der Waals surface area (Å²) < 4.78 is 12.7. The molecule has 3 heteroatoms. The van der Waals surface area contributed by atoms with E-state index in [4.69, 9.17) is 8.83 Å². The SMILES string of the molecule is c1ccc(-c2ccc(N(c3ccc(-c4cccc5oc6ccccc6c45)cc3)c3ccccc3-c3ccc4oc5c6ccccc6ccc5c4c3)cc2)cc1. The van der Waals surface area contributed by atoms with Gasteiger partial charge in [-0.15, -0.1) is 0 Å². The van der Waals surface area contributed by atoms with Crippen LogP contribution in [0.5, 0.6) is 0 Å². The molecule has 0 saturated carbocycles. The van der Waals surface area contributed by atoms with Gasteiger partial charge >= 0.3 is 0 Å². The minimum absolute atomic E-state index is 0.886. The molecule has 0 amide bonds. The monoisotopic (exact) mass is 703 g/mol. The van der Waals surface area contributed by atoms with Crippen LogP contribution in [0.4, 0.5) is 17.1 Å². The minimum Gasteiger partial charge on any atom is -0.456 e. The fourth-order valence-electron chi connectivity index (χ4n) is 8.25. The zero-order chi connectivity index (χ0) is 36.3. The lowest BCUT2D eigenvalue weighted by molar-refractivity contribution is 0.669. The summed E-state index contributed by atoms with van der Waals surface area (Å²) in [5, 5.41) is 6.80. The first-order valence-electron chi connectivity index (χ1n) is 18.7. The molecule has 3 nitrogen and oxygen atoms in total. The third-order valence-electron chi connectivity index (χ3n) is 10.9. The molecule has 0 aliphatic rings. The minimum atomic E-state index is 0.886. The second kappa shape index (κ2) is 12.6. The van der Waals surface area contributed by atoms with Crippen molar-refractivity contribution in [3.05, 3.63) is 200 Å². The van der Waals surface area contributed by atoms with Gasteiger partial charge in [0, 0.05) is 43.9 Å². The fraction of sp³-hybridized carbons (Fsp3) is 0. The van der Waals surface area contributed by atoms with Crippen LogP contribution in [0, 0.1) is 0 Å². The van der Waals surface area contributed by atoms with Crippen molar-refractivity contribution in [2.45, 2.75) is 0 Å². The number of para-hydroxylation sites is 2. The molecule has 2 heterocycles. The summed E-state index contributed by atoms with van der Waals surface area (Å²) in [5.74, 6) is 0. The zero-order valence-electron chi connectivity index (χ0n) is 29.8. The lowest BCUT2D eigenvalue weighted by Gasteiger charge is -2.28. The normalized spacial score (nSPS) is 11.6. The van der Waals surface area contributed by atoms with Gasteiger partial charge in [0.25, 0.3) is 0 Å². The lowest BCUT2D eigenvalue weighted by Crippen LogP contribution is -2.11. The predicted molar refractivity (Wildman–Crippen MR) is 229 cm³/mol. The van der Waals surface area contributed by atoms with Crippen LogP contribution in [0.1, 0.15) is 0 Å². The van der Waals surface area contributed by atoms with Crippen molar-refractivity contribution in [2.75, 3.05) is 4.90 Å². The Labute approximate surface area is 317 Å². The Morgan fingerprint density at radius 2 is 0.945 bits per heavy atom. The van der Waals surface area contributed by atoms with Gasteiger partial charge in [-0.2, -0.15) is 0 Å². The molecule has 0 bridgehead atoms. The van der Waals surface area contributed by atoms with Gasteiger partial charge in [0.05, 0.1) is 5.69 Å². The van der Waals surface area contributed by atoms with Gasteiger partial charge in [0.2, 0.25) is 0 Å². The summed E-state index contributed by atoms with van der Waals surface area (Å²) in [5.41, 5.74) is 13.8. The summed E-state index contributed by atoms with van der Waals surface area (Å²) in [6.07, 6.45) is 0. The molecule has 0 fully saturated rings. The second-order valence-corrected chi connectivity index (χ2v) is 14.1. The average molecular weight is 704 g/mol. The average Bonchev–Trinajstić information content (AvgIpc) is 3.83. The number of rotatable bonds is 6. The number of benzene rings is 9. The molecule has 0 unspecified atom stereocenters. The smallest absolute Gasteiger partial charge is 0.143 e. The maximum absolute atomic E-state index is 6.50.